The van der Waals surface area contributed by atoms with E-state index >= 15 is 0 Å². The molecule has 0 radical (unpaired) electrons. The number of H-pyrrole nitrogens is 1. The van der Waals surface area contributed by atoms with Crippen molar-refractivity contribution in [3.8, 4) is 0 Å². The molecule has 0 bridgehead atoms. The van der Waals surface area contributed by atoms with Gasteiger partial charge in [-0.15, -0.1) is 0 Å². The summed E-state index contributed by atoms with van der Waals surface area (Å²) >= 11 is 0. The quantitative estimate of drug-likeness (QED) is 0.806. The summed E-state index contributed by atoms with van der Waals surface area (Å²) in [7, 11) is 1.34. The Bertz CT molecular complexity index is 832. The first-order chi connectivity index (χ1) is 11.7. The topological polar surface area (TPSA) is 71.6 Å². The zero-order chi connectivity index (χ0) is 18.4. The number of hydrogen-bond acceptors (Lipinski definition) is 4. The Labute approximate surface area is 147 Å². The van der Waals surface area contributed by atoms with Gasteiger partial charge in [-0.2, -0.15) is 0 Å². The molecule has 1 aromatic heterocycles. The molecular formula is C19H24N2O4. The second-order valence-electron chi connectivity index (χ2n) is 7.48. The molecule has 6 nitrogen and oxygen atoms in total. The summed E-state index contributed by atoms with van der Waals surface area (Å²) in [6.07, 6.45) is -0.104. The van der Waals surface area contributed by atoms with Crippen molar-refractivity contribution >= 4 is 23.0 Å². The highest BCUT2D eigenvalue weighted by atomic mass is 16.6. The minimum Gasteiger partial charge on any atom is -0.467 e. The fraction of sp³-hybridized carbons (Fsp3) is 0.474. The van der Waals surface area contributed by atoms with E-state index in [1.165, 1.54) is 12.0 Å². The number of aromatic amines is 1. The van der Waals surface area contributed by atoms with Gasteiger partial charge in [0.05, 0.1) is 13.7 Å². The minimum absolute atomic E-state index is 0.289. The minimum atomic E-state index is -0.687. The number of ether oxygens (including phenoxy) is 2. The summed E-state index contributed by atoms with van der Waals surface area (Å²) in [5.41, 5.74) is 3.53. The number of hydrogen-bond donors (Lipinski definition) is 1. The van der Waals surface area contributed by atoms with Gasteiger partial charge in [0.1, 0.15) is 11.6 Å². The molecule has 0 fully saturated rings. The smallest absolute Gasteiger partial charge is 0.411 e. The average molecular weight is 344 g/mol. The van der Waals surface area contributed by atoms with Crippen LogP contribution in [0.1, 0.15) is 37.6 Å². The van der Waals surface area contributed by atoms with Gasteiger partial charge >= 0.3 is 12.1 Å². The number of methoxy groups -OCH3 is 1. The van der Waals surface area contributed by atoms with Gasteiger partial charge in [0.25, 0.3) is 0 Å². The van der Waals surface area contributed by atoms with Crippen molar-refractivity contribution < 1.29 is 19.1 Å². The summed E-state index contributed by atoms with van der Waals surface area (Å²) in [6, 6.07) is 5.48. The molecular weight excluding hydrogens is 320 g/mol. The molecule has 0 saturated carbocycles. The van der Waals surface area contributed by atoms with Crippen molar-refractivity contribution in [1.29, 1.82) is 0 Å². The number of carbonyl (C=O) groups excluding carboxylic acids is 2. The van der Waals surface area contributed by atoms with Crippen molar-refractivity contribution in [2.24, 2.45) is 0 Å². The van der Waals surface area contributed by atoms with Crippen LogP contribution in [0.4, 0.5) is 4.79 Å². The van der Waals surface area contributed by atoms with Gasteiger partial charge in [0, 0.05) is 23.0 Å². The van der Waals surface area contributed by atoms with Gasteiger partial charge in [-0.1, -0.05) is 12.1 Å². The molecule has 6 heteroatoms. The van der Waals surface area contributed by atoms with Gasteiger partial charge in [-0.3, -0.25) is 4.90 Å². The molecule has 25 heavy (non-hydrogen) atoms. The molecule has 1 atom stereocenters. The molecule has 1 aromatic carbocycles. The SMILES string of the molecule is COC(=O)C1Cc2c([nH]c3cc(C)ccc23)CN1C(=O)OC(C)(C)C. The van der Waals surface area contributed by atoms with Crippen LogP contribution in [0.15, 0.2) is 18.2 Å². The first-order valence-electron chi connectivity index (χ1n) is 8.37. The third-order valence-electron chi connectivity index (χ3n) is 4.35. The lowest BCUT2D eigenvalue weighted by Crippen LogP contribution is -2.50. The molecule has 1 unspecified atom stereocenters. The predicted molar refractivity (Wildman–Crippen MR) is 94.3 cm³/mol. The highest BCUT2D eigenvalue weighted by Crippen LogP contribution is 2.32. The molecule has 1 aliphatic rings. The van der Waals surface area contributed by atoms with E-state index in [1.54, 1.807) is 20.8 Å². The van der Waals surface area contributed by atoms with Crippen LogP contribution in [0, 0.1) is 6.92 Å². The Kier molecular flexibility index (Phi) is 4.22. The molecule has 0 aliphatic carbocycles. The number of aromatic nitrogens is 1. The molecule has 2 heterocycles. The summed E-state index contributed by atoms with van der Waals surface area (Å²) in [6.45, 7) is 7.73. The number of fused-ring (bicyclic) bond motifs is 3. The van der Waals surface area contributed by atoms with Crippen LogP contribution in [0.2, 0.25) is 0 Å². The van der Waals surface area contributed by atoms with E-state index in [0.29, 0.717) is 6.42 Å². The number of esters is 1. The molecule has 134 valence electrons. The second-order valence-corrected chi connectivity index (χ2v) is 7.48. The van der Waals surface area contributed by atoms with Crippen LogP contribution in [0.25, 0.3) is 10.9 Å². The Morgan fingerprint density at radius 2 is 2.00 bits per heavy atom. The van der Waals surface area contributed by atoms with Gasteiger partial charge < -0.3 is 14.5 Å². The van der Waals surface area contributed by atoms with Crippen molar-refractivity contribution in [3.63, 3.8) is 0 Å². The number of rotatable bonds is 1. The summed E-state index contributed by atoms with van der Waals surface area (Å²) < 4.78 is 10.4. The van der Waals surface area contributed by atoms with E-state index < -0.39 is 23.7 Å². The van der Waals surface area contributed by atoms with Crippen molar-refractivity contribution in [2.45, 2.75) is 52.3 Å². The number of benzene rings is 1. The number of aryl methyl sites for hydroxylation is 1. The van der Waals surface area contributed by atoms with E-state index in [2.05, 4.69) is 17.1 Å². The van der Waals surface area contributed by atoms with Gasteiger partial charge in [-0.25, -0.2) is 9.59 Å². The fourth-order valence-corrected chi connectivity index (χ4v) is 3.24. The van der Waals surface area contributed by atoms with Crippen molar-refractivity contribution in [3.05, 3.63) is 35.0 Å². The maximum atomic E-state index is 12.6. The number of carbonyl (C=O) groups is 2. The van der Waals surface area contributed by atoms with Gasteiger partial charge in [-0.05, 0) is 44.9 Å². The Hall–Kier alpha value is -2.50. The zero-order valence-electron chi connectivity index (χ0n) is 15.3. The maximum absolute atomic E-state index is 12.6. The van der Waals surface area contributed by atoms with E-state index in [9.17, 15) is 9.59 Å². The third kappa shape index (κ3) is 3.34. The van der Waals surface area contributed by atoms with E-state index in [1.807, 2.05) is 13.0 Å². The van der Waals surface area contributed by atoms with Crippen LogP contribution in [0.3, 0.4) is 0 Å². The summed E-state index contributed by atoms with van der Waals surface area (Å²) in [4.78, 5) is 29.7. The van der Waals surface area contributed by atoms with Crippen LogP contribution in [0.5, 0.6) is 0 Å². The summed E-state index contributed by atoms with van der Waals surface area (Å²) in [5.74, 6) is -0.432. The van der Waals surface area contributed by atoms with Crippen LogP contribution in [-0.4, -0.2) is 40.7 Å². The molecule has 1 N–H and O–H groups in total. The van der Waals surface area contributed by atoms with E-state index in [4.69, 9.17) is 9.47 Å². The van der Waals surface area contributed by atoms with Crippen molar-refractivity contribution in [1.82, 2.24) is 9.88 Å². The number of nitrogens with zero attached hydrogens (tertiary/aromatic N) is 1. The number of amides is 1. The molecule has 0 spiro atoms. The maximum Gasteiger partial charge on any atom is 0.411 e. The standard InChI is InChI=1S/C19H24N2O4/c1-11-6-7-12-13-9-16(17(22)24-5)21(18(23)25-19(2,3)4)10-15(13)20-14(12)8-11/h6-8,16,20H,9-10H2,1-5H3. The number of nitrogens with one attached hydrogen (secondary N) is 1. The summed E-state index contributed by atoms with van der Waals surface area (Å²) in [5, 5.41) is 1.08. The average Bonchev–Trinajstić information content (AvgIpc) is 2.87. The molecule has 1 aliphatic heterocycles. The largest absolute Gasteiger partial charge is 0.467 e. The van der Waals surface area contributed by atoms with Crippen LogP contribution >= 0.6 is 0 Å². The van der Waals surface area contributed by atoms with Crippen LogP contribution < -0.4 is 0 Å². The predicted octanol–water partition coefficient (Wildman–Crippen LogP) is 3.31. The monoisotopic (exact) mass is 344 g/mol. The Morgan fingerprint density at radius 3 is 2.64 bits per heavy atom. The Morgan fingerprint density at radius 1 is 1.28 bits per heavy atom. The highest BCUT2D eigenvalue weighted by Gasteiger charge is 2.39. The third-order valence-corrected chi connectivity index (χ3v) is 4.35. The lowest BCUT2D eigenvalue weighted by Gasteiger charge is -2.35. The fourth-order valence-electron chi connectivity index (χ4n) is 3.24. The lowest BCUT2D eigenvalue weighted by molar-refractivity contribution is -0.147. The van der Waals surface area contributed by atoms with E-state index in [-0.39, 0.29) is 6.54 Å². The molecule has 1 amide bonds. The van der Waals surface area contributed by atoms with E-state index in [0.717, 1.165) is 27.7 Å². The van der Waals surface area contributed by atoms with Crippen molar-refractivity contribution in [2.75, 3.05) is 7.11 Å². The zero-order valence-corrected chi connectivity index (χ0v) is 15.3. The molecule has 3 rings (SSSR count). The highest BCUT2D eigenvalue weighted by molar-refractivity contribution is 5.89. The van der Waals surface area contributed by atoms with Crippen LogP contribution in [-0.2, 0) is 27.2 Å². The first kappa shape index (κ1) is 17.3. The first-order valence-corrected chi connectivity index (χ1v) is 8.37. The molecule has 2 aromatic rings. The normalized spacial score (nSPS) is 17.3. The Balaban J connectivity index is 2.01. The van der Waals surface area contributed by atoms with Gasteiger partial charge in [0.15, 0.2) is 0 Å². The van der Waals surface area contributed by atoms with Gasteiger partial charge in [0.2, 0.25) is 0 Å². The lowest BCUT2D eigenvalue weighted by atomic mass is 9.96. The second kappa shape index (κ2) is 6.10. The molecule has 0 saturated heterocycles.